The summed E-state index contributed by atoms with van der Waals surface area (Å²) in [6.45, 7) is 13.2. The summed E-state index contributed by atoms with van der Waals surface area (Å²) in [5.41, 5.74) is 0.188. The third-order valence-electron chi connectivity index (χ3n) is 2.41. The highest BCUT2D eigenvalue weighted by Gasteiger charge is 2.22. The number of hydrogen-bond acceptors (Lipinski definition) is 4. The summed E-state index contributed by atoms with van der Waals surface area (Å²) in [7, 11) is 0. The largest absolute Gasteiger partial charge is 0.499 e. The van der Waals surface area contributed by atoms with Gasteiger partial charge in [0.05, 0.1) is 19.0 Å². The average Bonchev–Trinajstić information content (AvgIpc) is 2.31. The van der Waals surface area contributed by atoms with Crippen LogP contribution in [0.15, 0.2) is 25.0 Å². The Labute approximate surface area is 114 Å². The Hall–Kier alpha value is -1.33. The summed E-state index contributed by atoms with van der Waals surface area (Å²) in [5.74, 6) is -1.71. The molecule has 0 saturated carbocycles. The summed E-state index contributed by atoms with van der Waals surface area (Å²) in [4.78, 5) is 10.6. The van der Waals surface area contributed by atoms with E-state index in [4.69, 9.17) is 19.3 Å². The number of carboxylic acids is 1. The van der Waals surface area contributed by atoms with Gasteiger partial charge >= 0.3 is 5.97 Å². The van der Waals surface area contributed by atoms with Crippen LogP contribution in [0.1, 0.15) is 33.6 Å². The SMILES string of the molecule is C=COCCOC(C)(C)OC(C)CCC(=C)C(=O)O. The van der Waals surface area contributed by atoms with Gasteiger partial charge in [-0.25, -0.2) is 4.79 Å². The maximum absolute atomic E-state index is 10.6. The summed E-state index contributed by atoms with van der Waals surface area (Å²) in [5, 5.41) is 8.71. The van der Waals surface area contributed by atoms with E-state index in [1.54, 1.807) is 0 Å². The van der Waals surface area contributed by atoms with Gasteiger partial charge < -0.3 is 19.3 Å². The molecule has 5 heteroatoms. The predicted octanol–water partition coefficient (Wildman–Crippen LogP) is 2.73. The lowest BCUT2D eigenvalue weighted by Crippen LogP contribution is -2.33. The Morgan fingerprint density at radius 2 is 2.05 bits per heavy atom. The van der Waals surface area contributed by atoms with Gasteiger partial charge in [0.25, 0.3) is 0 Å². The van der Waals surface area contributed by atoms with Crippen molar-refractivity contribution >= 4 is 5.97 Å². The molecule has 1 atom stereocenters. The molecule has 1 N–H and O–H groups in total. The smallest absolute Gasteiger partial charge is 0.330 e. The molecule has 0 saturated heterocycles. The third-order valence-corrected chi connectivity index (χ3v) is 2.41. The van der Waals surface area contributed by atoms with E-state index in [2.05, 4.69) is 13.2 Å². The number of ether oxygens (including phenoxy) is 3. The molecule has 0 spiro atoms. The van der Waals surface area contributed by atoms with E-state index in [-0.39, 0.29) is 11.7 Å². The van der Waals surface area contributed by atoms with Gasteiger partial charge in [-0.3, -0.25) is 0 Å². The summed E-state index contributed by atoms with van der Waals surface area (Å²) >= 11 is 0. The van der Waals surface area contributed by atoms with Crippen molar-refractivity contribution in [3.63, 3.8) is 0 Å². The van der Waals surface area contributed by atoms with E-state index >= 15 is 0 Å². The van der Waals surface area contributed by atoms with Crippen molar-refractivity contribution in [1.82, 2.24) is 0 Å². The minimum absolute atomic E-state index is 0.119. The lowest BCUT2D eigenvalue weighted by molar-refractivity contribution is -0.237. The Bertz CT molecular complexity index is 309. The van der Waals surface area contributed by atoms with Crippen LogP contribution in [0, 0.1) is 0 Å². The number of hydrogen-bond donors (Lipinski definition) is 1. The first kappa shape index (κ1) is 17.7. The lowest BCUT2D eigenvalue weighted by atomic mass is 10.1. The number of carboxylic acid groups (broad SMARTS) is 1. The second kappa shape index (κ2) is 8.72. The van der Waals surface area contributed by atoms with Gasteiger partial charge in [-0.05, 0) is 33.6 Å². The fourth-order valence-electron chi connectivity index (χ4n) is 1.48. The first-order valence-electron chi connectivity index (χ1n) is 6.24. The van der Waals surface area contributed by atoms with Crippen LogP contribution < -0.4 is 0 Å². The molecule has 0 aliphatic rings. The minimum atomic E-state index is -0.968. The molecule has 0 amide bonds. The Kier molecular flexibility index (Phi) is 8.11. The van der Waals surface area contributed by atoms with Crippen molar-refractivity contribution in [1.29, 1.82) is 0 Å². The molecular weight excluding hydrogens is 248 g/mol. The fraction of sp³-hybridized carbons (Fsp3) is 0.643. The molecule has 110 valence electrons. The average molecular weight is 272 g/mol. The van der Waals surface area contributed by atoms with E-state index < -0.39 is 11.8 Å². The topological polar surface area (TPSA) is 65.0 Å². The zero-order chi connectivity index (χ0) is 14.9. The molecule has 5 nitrogen and oxygen atoms in total. The van der Waals surface area contributed by atoms with E-state index in [0.29, 0.717) is 26.1 Å². The van der Waals surface area contributed by atoms with Gasteiger partial charge in [-0.2, -0.15) is 0 Å². The Balaban J connectivity index is 3.94. The van der Waals surface area contributed by atoms with Gasteiger partial charge in [-0.1, -0.05) is 13.2 Å². The van der Waals surface area contributed by atoms with E-state index in [9.17, 15) is 4.79 Å². The fourth-order valence-corrected chi connectivity index (χ4v) is 1.48. The second-order valence-corrected chi connectivity index (χ2v) is 4.66. The molecule has 0 aromatic carbocycles. The van der Waals surface area contributed by atoms with Crippen molar-refractivity contribution in [3.05, 3.63) is 25.0 Å². The molecule has 0 bridgehead atoms. The number of rotatable bonds is 11. The molecule has 0 radical (unpaired) electrons. The highest BCUT2D eigenvalue weighted by atomic mass is 16.7. The minimum Gasteiger partial charge on any atom is -0.499 e. The molecule has 0 aromatic rings. The quantitative estimate of drug-likeness (QED) is 0.271. The van der Waals surface area contributed by atoms with Crippen LogP contribution in [0.4, 0.5) is 0 Å². The van der Waals surface area contributed by atoms with E-state index in [1.165, 1.54) is 6.26 Å². The van der Waals surface area contributed by atoms with Gasteiger partial charge in [0, 0.05) is 5.57 Å². The number of carbonyl (C=O) groups is 1. The molecule has 0 aromatic heterocycles. The van der Waals surface area contributed by atoms with Crippen LogP contribution in [-0.2, 0) is 19.0 Å². The lowest BCUT2D eigenvalue weighted by Gasteiger charge is -2.29. The molecular formula is C14H24O5. The molecule has 19 heavy (non-hydrogen) atoms. The summed E-state index contributed by atoms with van der Waals surface area (Å²) in [6.07, 6.45) is 2.22. The first-order chi connectivity index (χ1) is 8.78. The number of aliphatic carboxylic acids is 1. The van der Waals surface area contributed by atoms with Crippen LogP contribution in [-0.4, -0.2) is 36.2 Å². The van der Waals surface area contributed by atoms with Crippen molar-refractivity contribution < 1.29 is 24.1 Å². The second-order valence-electron chi connectivity index (χ2n) is 4.66. The van der Waals surface area contributed by atoms with Gasteiger partial charge in [0.2, 0.25) is 0 Å². The van der Waals surface area contributed by atoms with Gasteiger partial charge in [0.15, 0.2) is 5.79 Å². The van der Waals surface area contributed by atoms with Crippen LogP contribution >= 0.6 is 0 Å². The van der Waals surface area contributed by atoms with E-state index in [0.717, 1.165) is 0 Å². The van der Waals surface area contributed by atoms with Crippen molar-refractivity contribution in [3.8, 4) is 0 Å². The summed E-state index contributed by atoms with van der Waals surface area (Å²) in [6, 6.07) is 0. The van der Waals surface area contributed by atoms with Gasteiger partial charge in [0.1, 0.15) is 6.61 Å². The molecule has 0 aliphatic carbocycles. The van der Waals surface area contributed by atoms with Crippen LogP contribution in [0.5, 0.6) is 0 Å². The Morgan fingerprint density at radius 3 is 2.58 bits per heavy atom. The zero-order valence-electron chi connectivity index (χ0n) is 12.0. The highest BCUT2D eigenvalue weighted by molar-refractivity contribution is 5.85. The third kappa shape index (κ3) is 9.27. The first-order valence-corrected chi connectivity index (χ1v) is 6.24. The van der Waals surface area contributed by atoms with Crippen LogP contribution in [0.3, 0.4) is 0 Å². The monoisotopic (exact) mass is 272 g/mol. The predicted molar refractivity (Wildman–Crippen MR) is 72.7 cm³/mol. The van der Waals surface area contributed by atoms with Crippen molar-refractivity contribution in [2.45, 2.75) is 45.5 Å². The zero-order valence-corrected chi connectivity index (χ0v) is 12.0. The van der Waals surface area contributed by atoms with Crippen LogP contribution in [0.2, 0.25) is 0 Å². The van der Waals surface area contributed by atoms with Crippen molar-refractivity contribution in [2.75, 3.05) is 13.2 Å². The standard InChI is InChI=1S/C14H24O5/c1-6-17-9-10-18-14(4,5)19-12(3)8-7-11(2)13(15)16/h6,12H,1-2,7-10H2,3-5H3,(H,15,16). The molecule has 0 fully saturated rings. The van der Waals surface area contributed by atoms with Crippen molar-refractivity contribution in [2.24, 2.45) is 0 Å². The molecule has 0 rings (SSSR count). The highest BCUT2D eigenvalue weighted by Crippen LogP contribution is 2.18. The Morgan fingerprint density at radius 1 is 1.42 bits per heavy atom. The molecule has 1 unspecified atom stereocenters. The maximum Gasteiger partial charge on any atom is 0.330 e. The van der Waals surface area contributed by atoms with E-state index in [1.807, 2.05) is 20.8 Å². The maximum atomic E-state index is 10.6. The van der Waals surface area contributed by atoms with Crippen LogP contribution in [0.25, 0.3) is 0 Å². The molecule has 0 heterocycles. The molecule has 0 aliphatic heterocycles. The van der Waals surface area contributed by atoms with Gasteiger partial charge in [-0.15, -0.1) is 0 Å². The summed E-state index contributed by atoms with van der Waals surface area (Å²) < 4.78 is 16.2. The normalized spacial score (nSPS) is 12.8.